The third-order valence-corrected chi connectivity index (χ3v) is 3.84. The Morgan fingerprint density at radius 1 is 1.23 bits per heavy atom. The topological polar surface area (TPSA) is 62.6 Å². The summed E-state index contributed by atoms with van der Waals surface area (Å²) in [6.07, 6.45) is 3.34. The quantitative estimate of drug-likeness (QED) is 0.946. The first-order valence-electron chi connectivity index (χ1n) is 7.40. The number of fused-ring (bicyclic) bond motifs is 1. The van der Waals surface area contributed by atoms with Crippen molar-refractivity contribution in [3.05, 3.63) is 54.0 Å². The first-order chi connectivity index (χ1) is 10.7. The van der Waals surface area contributed by atoms with Crippen molar-refractivity contribution in [3.63, 3.8) is 0 Å². The molecule has 0 fully saturated rings. The molecule has 0 spiro atoms. The molecule has 3 rings (SSSR count). The standard InChI is InChI=1S/C17H18N2O3/c1-12(18-16(20)15-9-5-11-22-15)17(21)19-10-4-7-13-6-2-3-8-14(13)19/h2-3,5-6,8-9,11-12H,4,7,10H2,1H3,(H,18,20). The van der Waals surface area contributed by atoms with E-state index in [1.54, 1.807) is 24.0 Å². The van der Waals surface area contributed by atoms with Crippen LogP contribution < -0.4 is 10.2 Å². The summed E-state index contributed by atoms with van der Waals surface area (Å²) < 4.78 is 5.04. The van der Waals surface area contributed by atoms with Crippen LogP contribution in [-0.2, 0) is 11.2 Å². The zero-order chi connectivity index (χ0) is 15.5. The Hall–Kier alpha value is -2.56. The molecule has 0 radical (unpaired) electrons. The summed E-state index contributed by atoms with van der Waals surface area (Å²) in [7, 11) is 0. The number of nitrogens with zero attached hydrogens (tertiary/aromatic N) is 1. The van der Waals surface area contributed by atoms with E-state index in [1.807, 2.05) is 24.3 Å². The number of benzene rings is 1. The van der Waals surface area contributed by atoms with Crippen LogP contribution in [-0.4, -0.2) is 24.4 Å². The SMILES string of the molecule is CC(NC(=O)c1ccco1)C(=O)N1CCCc2ccccc21. The van der Waals surface area contributed by atoms with Gasteiger partial charge in [0.15, 0.2) is 5.76 Å². The van der Waals surface area contributed by atoms with Gasteiger partial charge < -0.3 is 14.6 Å². The fourth-order valence-electron chi connectivity index (χ4n) is 2.73. The molecule has 2 heterocycles. The molecule has 5 nitrogen and oxygen atoms in total. The monoisotopic (exact) mass is 298 g/mol. The molecule has 0 saturated carbocycles. The molecule has 0 saturated heterocycles. The summed E-state index contributed by atoms with van der Waals surface area (Å²) in [4.78, 5) is 26.4. The second kappa shape index (κ2) is 6.05. The Morgan fingerprint density at radius 2 is 2.05 bits per heavy atom. The Kier molecular flexibility index (Phi) is 3.96. The predicted octanol–water partition coefficient (Wildman–Crippen LogP) is 2.38. The van der Waals surface area contributed by atoms with E-state index in [-0.39, 0.29) is 17.6 Å². The van der Waals surface area contributed by atoms with E-state index in [0.717, 1.165) is 18.5 Å². The van der Waals surface area contributed by atoms with E-state index in [1.165, 1.54) is 11.8 Å². The second-order valence-corrected chi connectivity index (χ2v) is 5.39. The molecular weight excluding hydrogens is 280 g/mol. The predicted molar refractivity (Wildman–Crippen MR) is 82.8 cm³/mol. The van der Waals surface area contributed by atoms with Gasteiger partial charge in [-0.2, -0.15) is 0 Å². The van der Waals surface area contributed by atoms with E-state index in [0.29, 0.717) is 6.54 Å². The zero-order valence-electron chi connectivity index (χ0n) is 12.4. The van der Waals surface area contributed by atoms with Gasteiger partial charge in [-0.25, -0.2) is 0 Å². The van der Waals surface area contributed by atoms with Gasteiger partial charge in [0.25, 0.3) is 5.91 Å². The summed E-state index contributed by atoms with van der Waals surface area (Å²) in [5.41, 5.74) is 2.12. The van der Waals surface area contributed by atoms with Gasteiger partial charge in [0.2, 0.25) is 5.91 Å². The molecule has 5 heteroatoms. The highest BCUT2D eigenvalue weighted by Crippen LogP contribution is 2.27. The molecule has 22 heavy (non-hydrogen) atoms. The number of nitrogens with one attached hydrogen (secondary N) is 1. The van der Waals surface area contributed by atoms with Crippen molar-refractivity contribution in [2.75, 3.05) is 11.4 Å². The molecule has 1 N–H and O–H groups in total. The number of carbonyl (C=O) groups is 2. The third-order valence-electron chi connectivity index (χ3n) is 3.84. The molecule has 1 unspecified atom stereocenters. The Morgan fingerprint density at radius 3 is 2.82 bits per heavy atom. The number of aryl methyl sites for hydroxylation is 1. The molecule has 0 aliphatic carbocycles. The summed E-state index contributed by atoms with van der Waals surface area (Å²) in [6.45, 7) is 2.37. The maximum Gasteiger partial charge on any atom is 0.287 e. The molecule has 114 valence electrons. The Bertz CT molecular complexity index is 679. The van der Waals surface area contributed by atoms with Crippen LogP contribution in [0.4, 0.5) is 5.69 Å². The minimum absolute atomic E-state index is 0.105. The van der Waals surface area contributed by atoms with E-state index in [2.05, 4.69) is 5.32 Å². The van der Waals surface area contributed by atoms with Crippen LogP contribution >= 0.6 is 0 Å². The van der Waals surface area contributed by atoms with Crippen LogP contribution in [0.2, 0.25) is 0 Å². The molecule has 1 aromatic carbocycles. The van der Waals surface area contributed by atoms with Crippen LogP contribution in [0, 0.1) is 0 Å². The van der Waals surface area contributed by atoms with Gasteiger partial charge in [0.05, 0.1) is 6.26 Å². The lowest BCUT2D eigenvalue weighted by Gasteiger charge is -2.31. The summed E-state index contributed by atoms with van der Waals surface area (Å²) in [6, 6.07) is 10.5. The first-order valence-corrected chi connectivity index (χ1v) is 7.40. The number of hydrogen-bond acceptors (Lipinski definition) is 3. The summed E-state index contributed by atoms with van der Waals surface area (Å²) in [5.74, 6) is -0.276. The van der Waals surface area contributed by atoms with Gasteiger partial charge in [-0.1, -0.05) is 18.2 Å². The van der Waals surface area contributed by atoms with Crippen molar-refractivity contribution in [2.45, 2.75) is 25.8 Å². The van der Waals surface area contributed by atoms with E-state index >= 15 is 0 Å². The molecule has 2 aromatic rings. The highest BCUT2D eigenvalue weighted by atomic mass is 16.3. The number of amides is 2. The fraction of sp³-hybridized carbons (Fsp3) is 0.294. The van der Waals surface area contributed by atoms with Crippen LogP contribution in [0.15, 0.2) is 47.1 Å². The number of para-hydroxylation sites is 1. The average Bonchev–Trinajstić information content (AvgIpc) is 3.08. The average molecular weight is 298 g/mol. The largest absolute Gasteiger partial charge is 0.459 e. The number of hydrogen-bond donors (Lipinski definition) is 1. The lowest BCUT2D eigenvalue weighted by atomic mass is 10.0. The van der Waals surface area contributed by atoms with E-state index in [4.69, 9.17) is 4.42 Å². The Balaban J connectivity index is 1.73. The van der Waals surface area contributed by atoms with Gasteiger partial charge in [-0.15, -0.1) is 0 Å². The van der Waals surface area contributed by atoms with Crippen LogP contribution in [0.3, 0.4) is 0 Å². The van der Waals surface area contributed by atoms with Gasteiger partial charge in [-0.05, 0) is 43.5 Å². The van der Waals surface area contributed by atoms with E-state index in [9.17, 15) is 9.59 Å². The smallest absolute Gasteiger partial charge is 0.287 e. The molecule has 1 aromatic heterocycles. The van der Waals surface area contributed by atoms with Gasteiger partial charge in [0, 0.05) is 12.2 Å². The van der Waals surface area contributed by atoms with Crippen molar-refractivity contribution in [2.24, 2.45) is 0 Å². The van der Waals surface area contributed by atoms with Crippen molar-refractivity contribution in [1.82, 2.24) is 5.32 Å². The van der Waals surface area contributed by atoms with Gasteiger partial charge >= 0.3 is 0 Å². The second-order valence-electron chi connectivity index (χ2n) is 5.39. The number of rotatable bonds is 3. The maximum atomic E-state index is 12.6. The fourth-order valence-corrected chi connectivity index (χ4v) is 2.73. The van der Waals surface area contributed by atoms with Gasteiger partial charge in [0.1, 0.15) is 6.04 Å². The van der Waals surface area contributed by atoms with Crippen LogP contribution in [0.25, 0.3) is 0 Å². The van der Waals surface area contributed by atoms with Crippen LogP contribution in [0.1, 0.15) is 29.5 Å². The minimum atomic E-state index is -0.608. The molecule has 1 aliphatic rings. The van der Waals surface area contributed by atoms with Crippen molar-refractivity contribution in [3.8, 4) is 0 Å². The number of carbonyl (C=O) groups excluding carboxylic acids is 2. The molecule has 0 bridgehead atoms. The van der Waals surface area contributed by atoms with Crippen LogP contribution in [0.5, 0.6) is 0 Å². The van der Waals surface area contributed by atoms with Crippen molar-refractivity contribution < 1.29 is 14.0 Å². The third kappa shape index (κ3) is 2.74. The minimum Gasteiger partial charge on any atom is -0.459 e. The first kappa shape index (κ1) is 14.4. The highest BCUT2D eigenvalue weighted by molar-refractivity contribution is 6.01. The van der Waals surface area contributed by atoms with Crippen molar-refractivity contribution >= 4 is 17.5 Å². The maximum absolute atomic E-state index is 12.6. The zero-order valence-corrected chi connectivity index (χ0v) is 12.4. The van der Waals surface area contributed by atoms with Crippen molar-refractivity contribution in [1.29, 1.82) is 0 Å². The molecular formula is C17H18N2O3. The van der Waals surface area contributed by atoms with Gasteiger partial charge in [-0.3, -0.25) is 9.59 Å². The molecule has 2 amide bonds. The number of furan rings is 1. The molecule has 1 atom stereocenters. The summed E-state index contributed by atoms with van der Waals surface area (Å²) >= 11 is 0. The molecule has 1 aliphatic heterocycles. The Labute approximate surface area is 128 Å². The van der Waals surface area contributed by atoms with E-state index < -0.39 is 6.04 Å². The number of anilines is 1. The lowest BCUT2D eigenvalue weighted by molar-refractivity contribution is -0.120. The highest BCUT2D eigenvalue weighted by Gasteiger charge is 2.27. The normalized spacial score (nSPS) is 15.0. The lowest BCUT2D eigenvalue weighted by Crippen LogP contribution is -2.48. The summed E-state index contributed by atoms with van der Waals surface area (Å²) in [5, 5.41) is 2.69.